The molecule has 1 aliphatic heterocycles. The van der Waals surface area contributed by atoms with Gasteiger partial charge in [0.05, 0.1) is 5.92 Å². The van der Waals surface area contributed by atoms with Gasteiger partial charge in [0.1, 0.15) is 0 Å². The molecule has 2 amide bonds. The van der Waals surface area contributed by atoms with Crippen LogP contribution >= 0.6 is 0 Å². The minimum atomic E-state index is -0.241. The van der Waals surface area contributed by atoms with E-state index in [1.165, 1.54) is 5.56 Å². The second kappa shape index (κ2) is 6.95. The van der Waals surface area contributed by atoms with Crippen LogP contribution in [0.2, 0.25) is 0 Å². The minimum absolute atomic E-state index is 0.00776. The lowest BCUT2D eigenvalue weighted by Gasteiger charge is -2.19. The molecule has 4 heteroatoms. The molecule has 0 radical (unpaired) electrons. The van der Waals surface area contributed by atoms with Crippen molar-refractivity contribution < 1.29 is 9.59 Å². The lowest BCUT2D eigenvalue weighted by Crippen LogP contribution is -2.39. The Morgan fingerprint density at radius 1 is 1.27 bits per heavy atom. The molecular formula is C18H26N2O2. The molecular weight excluding hydrogens is 276 g/mol. The van der Waals surface area contributed by atoms with Gasteiger partial charge in [0.2, 0.25) is 11.8 Å². The van der Waals surface area contributed by atoms with Gasteiger partial charge in [0, 0.05) is 24.7 Å². The number of hydrogen-bond donors (Lipinski definition) is 1. The topological polar surface area (TPSA) is 49.4 Å². The molecule has 120 valence electrons. The van der Waals surface area contributed by atoms with Gasteiger partial charge in [-0.1, -0.05) is 19.9 Å². The molecule has 0 spiro atoms. The molecule has 1 atom stereocenters. The van der Waals surface area contributed by atoms with Gasteiger partial charge in [0.15, 0.2) is 0 Å². The lowest BCUT2D eigenvalue weighted by molar-refractivity contribution is -0.127. The molecule has 0 saturated carbocycles. The Labute approximate surface area is 132 Å². The van der Waals surface area contributed by atoms with Crippen LogP contribution in [0.5, 0.6) is 0 Å². The summed E-state index contributed by atoms with van der Waals surface area (Å²) in [5, 5.41) is 3.05. The average molecular weight is 302 g/mol. The van der Waals surface area contributed by atoms with E-state index < -0.39 is 0 Å². The Hall–Kier alpha value is -1.84. The van der Waals surface area contributed by atoms with E-state index >= 15 is 0 Å². The number of nitrogens with zero attached hydrogens (tertiary/aromatic N) is 1. The fourth-order valence-electron chi connectivity index (χ4n) is 2.84. The summed E-state index contributed by atoms with van der Waals surface area (Å²) in [6.45, 7) is 8.70. The van der Waals surface area contributed by atoms with E-state index in [-0.39, 0.29) is 23.8 Å². The molecule has 22 heavy (non-hydrogen) atoms. The molecule has 1 heterocycles. The second-order valence-corrected chi connectivity index (χ2v) is 6.20. The molecule has 1 N–H and O–H groups in total. The van der Waals surface area contributed by atoms with Crippen molar-refractivity contribution in [1.82, 2.24) is 5.32 Å². The molecule has 0 aliphatic carbocycles. The molecule has 1 saturated heterocycles. The molecule has 1 aromatic carbocycles. The van der Waals surface area contributed by atoms with Gasteiger partial charge in [-0.3, -0.25) is 9.59 Å². The maximum Gasteiger partial charge on any atom is 0.227 e. The third kappa shape index (κ3) is 3.49. The van der Waals surface area contributed by atoms with Crippen LogP contribution in [0.15, 0.2) is 18.2 Å². The summed E-state index contributed by atoms with van der Waals surface area (Å²) in [5.74, 6) is -0.198. The summed E-state index contributed by atoms with van der Waals surface area (Å²) in [5.41, 5.74) is 3.26. The van der Waals surface area contributed by atoms with Gasteiger partial charge < -0.3 is 10.2 Å². The van der Waals surface area contributed by atoms with Crippen molar-refractivity contribution in [3.05, 3.63) is 29.3 Å². The zero-order valence-electron chi connectivity index (χ0n) is 14.0. The predicted molar refractivity (Wildman–Crippen MR) is 88.9 cm³/mol. The molecule has 4 nitrogen and oxygen atoms in total. The monoisotopic (exact) mass is 302 g/mol. The zero-order valence-corrected chi connectivity index (χ0v) is 14.0. The van der Waals surface area contributed by atoms with Crippen molar-refractivity contribution in [2.75, 3.05) is 11.4 Å². The number of anilines is 1. The highest BCUT2D eigenvalue weighted by Gasteiger charge is 2.35. The summed E-state index contributed by atoms with van der Waals surface area (Å²) in [6.07, 6.45) is 2.15. The Morgan fingerprint density at radius 2 is 1.95 bits per heavy atom. The Morgan fingerprint density at radius 3 is 2.55 bits per heavy atom. The molecule has 1 aromatic rings. The summed E-state index contributed by atoms with van der Waals surface area (Å²) >= 11 is 0. The second-order valence-electron chi connectivity index (χ2n) is 6.20. The van der Waals surface area contributed by atoms with Crippen LogP contribution in [0, 0.1) is 19.8 Å². The Kier molecular flexibility index (Phi) is 5.22. The summed E-state index contributed by atoms with van der Waals surface area (Å²) in [4.78, 5) is 26.3. The van der Waals surface area contributed by atoms with Crippen molar-refractivity contribution >= 4 is 17.5 Å². The van der Waals surface area contributed by atoms with E-state index in [0.29, 0.717) is 13.0 Å². The zero-order chi connectivity index (χ0) is 16.3. The number of carbonyl (C=O) groups is 2. The van der Waals surface area contributed by atoms with Gasteiger partial charge in [0.25, 0.3) is 0 Å². The fourth-order valence-corrected chi connectivity index (χ4v) is 2.84. The van der Waals surface area contributed by atoms with E-state index in [9.17, 15) is 9.59 Å². The third-order valence-electron chi connectivity index (χ3n) is 4.63. The molecule has 2 rings (SSSR count). The molecule has 0 aromatic heterocycles. The van der Waals surface area contributed by atoms with E-state index in [4.69, 9.17) is 0 Å². The number of carbonyl (C=O) groups excluding carboxylic acids is 2. The normalized spacial score (nSPS) is 18.1. The van der Waals surface area contributed by atoms with Crippen molar-refractivity contribution in [1.29, 1.82) is 0 Å². The third-order valence-corrected chi connectivity index (χ3v) is 4.63. The highest BCUT2D eigenvalue weighted by molar-refractivity contribution is 6.00. The number of rotatable bonds is 5. The van der Waals surface area contributed by atoms with Gasteiger partial charge >= 0.3 is 0 Å². The molecule has 1 aliphatic rings. The van der Waals surface area contributed by atoms with E-state index in [1.54, 1.807) is 4.90 Å². The number of benzene rings is 1. The summed E-state index contributed by atoms with van der Waals surface area (Å²) in [6, 6.07) is 6.21. The fraction of sp³-hybridized carbons (Fsp3) is 0.556. The van der Waals surface area contributed by atoms with Crippen LogP contribution in [0.4, 0.5) is 5.69 Å². The van der Waals surface area contributed by atoms with Crippen LogP contribution < -0.4 is 10.2 Å². The Balaban J connectivity index is 2.07. The standard InChI is InChI=1S/C18H26N2O2/c1-5-15(6-2)19-18(22)14-10-17(21)20(11-14)16-8-7-12(3)13(4)9-16/h7-9,14-15H,5-6,10-11H2,1-4H3,(H,19,22)/t14-/m1/s1. The number of hydrogen-bond acceptors (Lipinski definition) is 2. The maximum atomic E-state index is 12.3. The Bertz CT molecular complexity index is 564. The highest BCUT2D eigenvalue weighted by Crippen LogP contribution is 2.27. The first-order valence-electron chi connectivity index (χ1n) is 8.14. The van der Waals surface area contributed by atoms with Crippen molar-refractivity contribution in [2.45, 2.75) is 53.0 Å². The van der Waals surface area contributed by atoms with Crippen LogP contribution in [0.1, 0.15) is 44.2 Å². The van der Waals surface area contributed by atoms with Gasteiger partial charge in [-0.15, -0.1) is 0 Å². The first kappa shape index (κ1) is 16.5. The van der Waals surface area contributed by atoms with Crippen molar-refractivity contribution in [2.24, 2.45) is 5.92 Å². The number of amides is 2. The lowest BCUT2D eigenvalue weighted by atomic mass is 10.1. The first-order chi connectivity index (χ1) is 10.5. The van der Waals surface area contributed by atoms with E-state index in [1.807, 2.05) is 25.1 Å². The van der Waals surface area contributed by atoms with Crippen molar-refractivity contribution in [3.63, 3.8) is 0 Å². The predicted octanol–water partition coefficient (Wildman–Crippen LogP) is 2.96. The quantitative estimate of drug-likeness (QED) is 0.909. The number of aryl methyl sites for hydroxylation is 2. The van der Waals surface area contributed by atoms with Gasteiger partial charge in [-0.2, -0.15) is 0 Å². The summed E-state index contributed by atoms with van der Waals surface area (Å²) in [7, 11) is 0. The van der Waals surface area contributed by atoms with Crippen LogP contribution in [-0.2, 0) is 9.59 Å². The highest BCUT2D eigenvalue weighted by atomic mass is 16.2. The minimum Gasteiger partial charge on any atom is -0.353 e. The molecule has 1 fully saturated rings. The van der Waals surface area contributed by atoms with Crippen molar-refractivity contribution in [3.8, 4) is 0 Å². The molecule has 0 bridgehead atoms. The van der Waals surface area contributed by atoms with Gasteiger partial charge in [-0.05, 0) is 49.9 Å². The molecule has 0 unspecified atom stereocenters. The smallest absolute Gasteiger partial charge is 0.227 e. The van der Waals surface area contributed by atoms with Gasteiger partial charge in [-0.25, -0.2) is 0 Å². The maximum absolute atomic E-state index is 12.3. The average Bonchev–Trinajstić information content (AvgIpc) is 2.89. The SMILES string of the molecule is CCC(CC)NC(=O)[C@@H]1CC(=O)N(c2ccc(C)c(C)c2)C1. The number of nitrogens with one attached hydrogen (secondary N) is 1. The first-order valence-corrected chi connectivity index (χ1v) is 8.14. The van der Waals surface area contributed by atoms with Crippen LogP contribution in [0.3, 0.4) is 0 Å². The van der Waals surface area contributed by atoms with E-state index in [2.05, 4.69) is 26.1 Å². The van der Waals surface area contributed by atoms with Crippen LogP contribution in [0.25, 0.3) is 0 Å². The largest absolute Gasteiger partial charge is 0.353 e. The van der Waals surface area contributed by atoms with E-state index in [0.717, 1.165) is 24.1 Å². The van der Waals surface area contributed by atoms with Crippen LogP contribution in [-0.4, -0.2) is 24.4 Å². The summed E-state index contributed by atoms with van der Waals surface area (Å²) < 4.78 is 0.